The standard InChI is InChI=1S/C9H10O4S/c10-14-11-6-9(7-12-14)13-8-4-2-1-3-5-8/h1-5,9H,6-7H2. The van der Waals surface area contributed by atoms with Gasteiger partial charge in [-0.25, -0.2) is 0 Å². The van der Waals surface area contributed by atoms with E-state index < -0.39 is 11.4 Å². The van der Waals surface area contributed by atoms with Gasteiger partial charge in [0.1, 0.15) is 25.1 Å². The van der Waals surface area contributed by atoms with Gasteiger partial charge in [0, 0.05) is 0 Å². The average Bonchev–Trinajstić information content (AvgIpc) is 2.23. The molecule has 0 amide bonds. The molecule has 0 aliphatic carbocycles. The van der Waals surface area contributed by atoms with Gasteiger partial charge >= 0.3 is 11.4 Å². The predicted octanol–water partition coefficient (Wildman–Crippen LogP) is 1.06. The topological polar surface area (TPSA) is 44.8 Å². The monoisotopic (exact) mass is 214 g/mol. The number of rotatable bonds is 2. The summed E-state index contributed by atoms with van der Waals surface area (Å²) in [6.07, 6.45) is -0.185. The van der Waals surface area contributed by atoms with Crippen LogP contribution in [-0.4, -0.2) is 23.5 Å². The molecule has 0 radical (unpaired) electrons. The molecule has 1 heterocycles. The van der Waals surface area contributed by atoms with E-state index in [4.69, 9.17) is 13.1 Å². The van der Waals surface area contributed by atoms with Crippen molar-refractivity contribution in [1.29, 1.82) is 0 Å². The van der Waals surface area contributed by atoms with E-state index in [1.165, 1.54) is 0 Å². The molecule has 5 heteroatoms. The highest BCUT2D eigenvalue weighted by atomic mass is 32.2. The number of ether oxygens (including phenoxy) is 1. The third-order valence-corrected chi connectivity index (χ3v) is 2.40. The second-order valence-electron chi connectivity index (χ2n) is 2.83. The maximum Gasteiger partial charge on any atom is 0.304 e. The van der Waals surface area contributed by atoms with Crippen LogP contribution in [0.4, 0.5) is 0 Å². The van der Waals surface area contributed by atoms with Crippen molar-refractivity contribution >= 4 is 11.4 Å². The van der Waals surface area contributed by atoms with E-state index in [9.17, 15) is 4.21 Å². The Morgan fingerprint density at radius 3 is 2.50 bits per heavy atom. The molecule has 14 heavy (non-hydrogen) atoms. The highest BCUT2D eigenvalue weighted by molar-refractivity contribution is 7.75. The minimum absolute atomic E-state index is 0.185. The van der Waals surface area contributed by atoms with Crippen LogP contribution in [0.25, 0.3) is 0 Å². The summed E-state index contributed by atoms with van der Waals surface area (Å²) < 4.78 is 25.8. The van der Waals surface area contributed by atoms with Crippen LogP contribution in [-0.2, 0) is 19.7 Å². The Bertz CT molecular complexity index is 304. The zero-order chi connectivity index (χ0) is 9.80. The van der Waals surface area contributed by atoms with Gasteiger partial charge in [-0.1, -0.05) is 18.2 Å². The molecule has 0 saturated carbocycles. The van der Waals surface area contributed by atoms with Crippen molar-refractivity contribution < 1.29 is 17.3 Å². The molecule has 0 bridgehead atoms. The minimum atomic E-state index is -1.60. The second-order valence-corrected chi connectivity index (χ2v) is 3.71. The summed E-state index contributed by atoms with van der Waals surface area (Å²) in [4.78, 5) is 0. The van der Waals surface area contributed by atoms with Crippen molar-refractivity contribution in [2.45, 2.75) is 6.10 Å². The lowest BCUT2D eigenvalue weighted by Gasteiger charge is -2.21. The van der Waals surface area contributed by atoms with E-state index in [1.54, 1.807) is 0 Å². The molecule has 0 aromatic heterocycles. The molecule has 76 valence electrons. The molecule has 1 aliphatic rings. The molecule has 0 unspecified atom stereocenters. The molecule has 0 N–H and O–H groups in total. The van der Waals surface area contributed by atoms with E-state index in [2.05, 4.69) is 0 Å². The van der Waals surface area contributed by atoms with Gasteiger partial charge in [0.05, 0.1) is 0 Å². The Labute approximate surface area is 84.7 Å². The van der Waals surface area contributed by atoms with Crippen LogP contribution in [0.5, 0.6) is 5.75 Å². The smallest absolute Gasteiger partial charge is 0.304 e. The SMILES string of the molecule is O=S1OCC(Oc2ccccc2)CO1. The van der Waals surface area contributed by atoms with Gasteiger partial charge < -0.3 is 4.74 Å². The fraction of sp³-hybridized carbons (Fsp3) is 0.333. The summed E-state index contributed by atoms with van der Waals surface area (Å²) in [7, 11) is 0. The van der Waals surface area contributed by atoms with Crippen molar-refractivity contribution in [2.75, 3.05) is 13.2 Å². The number of hydrogen-bond acceptors (Lipinski definition) is 4. The van der Waals surface area contributed by atoms with Crippen LogP contribution in [0, 0.1) is 0 Å². The van der Waals surface area contributed by atoms with Crippen molar-refractivity contribution in [2.24, 2.45) is 0 Å². The summed E-state index contributed by atoms with van der Waals surface area (Å²) in [5.41, 5.74) is 0. The molecule has 4 nitrogen and oxygen atoms in total. The van der Waals surface area contributed by atoms with Gasteiger partial charge in [-0.3, -0.25) is 8.37 Å². The van der Waals surface area contributed by atoms with Gasteiger partial charge in [-0.15, -0.1) is 0 Å². The Morgan fingerprint density at radius 2 is 1.86 bits per heavy atom. The van der Waals surface area contributed by atoms with Crippen LogP contribution >= 0.6 is 0 Å². The Kier molecular flexibility index (Phi) is 3.13. The number of hydrogen-bond donors (Lipinski definition) is 0. The first-order chi connectivity index (χ1) is 6.84. The quantitative estimate of drug-likeness (QED) is 0.738. The molecule has 0 atom stereocenters. The maximum atomic E-state index is 10.7. The first kappa shape index (κ1) is 9.64. The molecular weight excluding hydrogens is 204 g/mol. The van der Waals surface area contributed by atoms with E-state index in [0.29, 0.717) is 13.2 Å². The van der Waals surface area contributed by atoms with Gasteiger partial charge in [0.2, 0.25) is 0 Å². The maximum absolute atomic E-state index is 10.7. The molecule has 0 spiro atoms. The Balaban J connectivity index is 1.89. The summed E-state index contributed by atoms with van der Waals surface area (Å²) in [6.45, 7) is 0.586. The van der Waals surface area contributed by atoms with E-state index in [-0.39, 0.29) is 6.10 Å². The van der Waals surface area contributed by atoms with E-state index in [1.807, 2.05) is 30.3 Å². The Hall–Kier alpha value is -0.910. The third kappa shape index (κ3) is 2.54. The van der Waals surface area contributed by atoms with Crippen LogP contribution in [0.3, 0.4) is 0 Å². The molecule has 2 rings (SSSR count). The lowest BCUT2D eigenvalue weighted by molar-refractivity contribution is 0.0492. The Morgan fingerprint density at radius 1 is 1.21 bits per heavy atom. The first-order valence-corrected chi connectivity index (χ1v) is 5.24. The molecule has 1 aromatic carbocycles. The zero-order valence-electron chi connectivity index (χ0n) is 7.42. The van der Waals surface area contributed by atoms with E-state index >= 15 is 0 Å². The normalized spacial score (nSPS) is 27.1. The van der Waals surface area contributed by atoms with Crippen LogP contribution < -0.4 is 4.74 Å². The molecule has 1 saturated heterocycles. The fourth-order valence-corrected chi connectivity index (χ4v) is 1.70. The van der Waals surface area contributed by atoms with Crippen LogP contribution in [0.15, 0.2) is 30.3 Å². The predicted molar refractivity (Wildman–Crippen MR) is 50.9 cm³/mol. The summed E-state index contributed by atoms with van der Waals surface area (Å²) in [6, 6.07) is 9.39. The second kappa shape index (κ2) is 4.54. The summed E-state index contributed by atoms with van der Waals surface area (Å²) in [5.74, 6) is 0.761. The fourth-order valence-electron chi connectivity index (χ4n) is 1.10. The molecule has 1 fully saturated rings. The van der Waals surface area contributed by atoms with Crippen molar-refractivity contribution in [3.63, 3.8) is 0 Å². The summed E-state index contributed by atoms with van der Waals surface area (Å²) >= 11 is -1.60. The van der Waals surface area contributed by atoms with Gasteiger partial charge in [0.25, 0.3) is 0 Å². The van der Waals surface area contributed by atoms with Crippen molar-refractivity contribution in [3.8, 4) is 5.75 Å². The van der Waals surface area contributed by atoms with Crippen molar-refractivity contribution in [1.82, 2.24) is 0 Å². The van der Waals surface area contributed by atoms with Gasteiger partial charge in [-0.2, -0.15) is 4.21 Å². The minimum Gasteiger partial charge on any atom is -0.485 e. The van der Waals surface area contributed by atoms with Gasteiger partial charge in [-0.05, 0) is 12.1 Å². The highest BCUT2D eigenvalue weighted by Gasteiger charge is 2.20. The van der Waals surface area contributed by atoms with Crippen LogP contribution in [0.2, 0.25) is 0 Å². The largest absolute Gasteiger partial charge is 0.485 e. The lowest BCUT2D eigenvalue weighted by Crippen LogP contribution is -2.34. The number of para-hydroxylation sites is 1. The lowest BCUT2D eigenvalue weighted by atomic mass is 10.3. The zero-order valence-corrected chi connectivity index (χ0v) is 8.24. The van der Waals surface area contributed by atoms with Crippen molar-refractivity contribution in [3.05, 3.63) is 30.3 Å². The molecular formula is C9H10O4S. The molecule has 1 aliphatic heterocycles. The summed E-state index contributed by atoms with van der Waals surface area (Å²) in [5, 5.41) is 0. The molecule has 1 aromatic rings. The van der Waals surface area contributed by atoms with E-state index in [0.717, 1.165) is 5.75 Å². The van der Waals surface area contributed by atoms with Crippen LogP contribution in [0.1, 0.15) is 0 Å². The third-order valence-electron chi connectivity index (χ3n) is 1.75. The highest BCUT2D eigenvalue weighted by Crippen LogP contribution is 2.13. The first-order valence-electron chi connectivity index (χ1n) is 4.24. The average molecular weight is 214 g/mol. The number of benzene rings is 1. The van der Waals surface area contributed by atoms with Gasteiger partial charge in [0.15, 0.2) is 0 Å².